The van der Waals surface area contributed by atoms with Crippen LogP contribution in [0.5, 0.6) is 0 Å². The molecule has 0 saturated heterocycles. The lowest BCUT2D eigenvalue weighted by Gasteiger charge is -2.26. The molecule has 0 aromatic heterocycles. The Morgan fingerprint density at radius 1 is 0.591 bits per heavy atom. The Labute approximate surface area is 387 Å². The monoisotopic (exact) mass is 966 g/mol. The number of benzene rings is 2. The van der Waals surface area contributed by atoms with Gasteiger partial charge in [0.2, 0.25) is 23.6 Å². The van der Waals surface area contributed by atoms with Crippen LogP contribution in [0.15, 0.2) is 48.5 Å². The Balaban J connectivity index is 2.18. The lowest BCUT2D eigenvalue weighted by atomic mass is 10.1. The molecule has 0 bridgehead atoms. The molecular weight excluding hydrogens is 913 g/mol. The molecule has 0 aliphatic carbocycles. The maximum Gasteiger partial charge on any atom is 0.325 e. The number of nitro benzene ring substituents is 2. The van der Waals surface area contributed by atoms with Crippen LogP contribution in [0.25, 0.3) is 0 Å². The molecule has 0 saturated carbocycles. The SMILES string of the molecule is COC(=O)CNC(=O)[C@H](CSSC[C@H](NC(=O)CC[C@@H](C(=O)OC)N(C)Cc1ccccc1[N+](=O)[O-])C(=O)NCC(=O)OC)NC(=O)CC[C@@H](C(=O)OC)N(C)Cc1ccccc1[N+](=O)[O-]. The number of amides is 4. The number of carbonyl (C=O) groups is 8. The van der Waals surface area contributed by atoms with E-state index in [1.54, 1.807) is 12.1 Å². The van der Waals surface area contributed by atoms with E-state index in [2.05, 4.69) is 30.7 Å². The average molecular weight is 967 g/mol. The zero-order valence-electron chi connectivity index (χ0n) is 37.1. The molecule has 4 atom stereocenters. The van der Waals surface area contributed by atoms with Crippen molar-refractivity contribution in [2.75, 3.05) is 67.1 Å². The Hall–Kier alpha value is -6.38. The van der Waals surface area contributed by atoms with E-state index in [4.69, 9.17) is 9.47 Å². The normalized spacial score (nSPS) is 12.7. The summed E-state index contributed by atoms with van der Waals surface area (Å²) in [5.74, 6) is -6.23. The van der Waals surface area contributed by atoms with E-state index in [1.807, 2.05) is 0 Å². The van der Waals surface area contributed by atoms with Gasteiger partial charge in [0.15, 0.2) is 0 Å². The van der Waals surface area contributed by atoms with Crippen molar-refractivity contribution in [2.45, 2.75) is 62.9 Å². The highest BCUT2D eigenvalue weighted by Gasteiger charge is 2.31. The van der Waals surface area contributed by atoms with Crippen LogP contribution in [0.4, 0.5) is 11.4 Å². The zero-order chi connectivity index (χ0) is 49.3. The second-order valence-corrected chi connectivity index (χ2v) is 16.7. The highest BCUT2D eigenvalue weighted by atomic mass is 33.1. The van der Waals surface area contributed by atoms with Gasteiger partial charge in [-0.15, -0.1) is 0 Å². The fourth-order valence-electron chi connectivity index (χ4n) is 6.09. The predicted molar refractivity (Wildman–Crippen MR) is 238 cm³/mol. The molecule has 24 nitrogen and oxygen atoms in total. The largest absolute Gasteiger partial charge is 0.468 e. The van der Waals surface area contributed by atoms with Crippen LogP contribution in [-0.4, -0.2) is 158 Å². The molecule has 26 heteroatoms. The summed E-state index contributed by atoms with van der Waals surface area (Å²) in [6.45, 7) is -1.15. The van der Waals surface area contributed by atoms with Crippen molar-refractivity contribution in [3.8, 4) is 0 Å². The maximum atomic E-state index is 13.3. The number of rotatable bonds is 29. The number of ether oxygens (including phenoxy) is 4. The van der Waals surface area contributed by atoms with Gasteiger partial charge in [0.1, 0.15) is 37.3 Å². The number of nitrogens with one attached hydrogen (secondary N) is 4. The lowest BCUT2D eigenvalue weighted by Crippen LogP contribution is -2.50. The van der Waals surface area contributed by atoms with Crippen LogP contribution >= 0.6 is 21.6 Å². The molecule has 0 aliphatic rings. The number of hydrogen-bond donors (Lipinski definition) is 4. The number of likely N-dealkylation sites (N-methyl/N-ethyl adjacent to an activating group) is 2. The van der Waals surface area contributed by atoms with Gasteiger partial charge in [-0.3, -0.25) is 68.4 Å². The third-order valence-electron chi connectivity index (χ3n) is 9.64. The van der Waals surface area contributed by atoms with Crippen molar-refractivity contribution in [3.63, 3.8) is 0 Å². The lowest BCUT2D eigenvalue weighted by molar-refractivity contribution is -0.385. The smallest absolute Gasteiger partial charge is 0.325 e. The molecule has 0 heterocycles. The molecule has 2 aromatic rings. The number of carbonyl (C=O) groups excluding carboxylic acids is 8. The van der Waals surface area contributed by atoms with Crippen LogP contribution in [0.1, 0.15) is 36.8 Å². The van der Waals surface area contributed by atoms with Crippen molar-refractivity contribution in [2.24, 2.45) is 0 Å². The molecule has 0 unspecified atom stereocenters. The standard InChI is InChI=1S/C40H54N8O16S2/c1-45(21-25-11-7-9-13-29(25)47(57)58)31(39(55)63-5)15-17-33(49)43-27(37(53)41-19-35(51)61-3)23-65-66-24-28(38(54)42-20-36(52)62-4)44-34(50)18-16-32(40(56)64-6)46(2)22-26-12-8-10-14-30(26)48(59)60/h7-14,27-28,31-32H,15-24H2,1-6H3,(H,41,53)(H,42,54)(H,43,49)(H,44,50)/t27-,28-,31-,32-/m0/s1. The van der Waals surface area contributed by atoms with Gasteiger partial charge in [0.25, 0.3) is 11.4 Å². The fourth-order valence-corrected chi connectivity index (χ4v) is 8.42. The van der Waals surface area contributed by atoms with Crippen LogP contribution in [0.2, 0.25) is 0 Å². The Bertz CT molecular complexity index is 1900. The average Bonchev–Trinajstić information content (AvgIpc) is 3.30. The Kier molecular flexibility index (Phi) is 24.7. The van der Waals surface area contributed by atoms with Gasteiger partial charge in [-0.1, -0.05) is 58.0 Å². The number of nitrogens with zero attached hydrogens (tertiary/aromatic N) is 4. The molecule has 4 N–H and O–H groups in total. The number of nitro groups is 2. The maximum absolute atomic E-state index is 13.3. The summed E-state index contributed by atoms with van der Waals surface area (Å²) < 4.78 is 19.0. The van der Waals surface area contributed by atoms with E-state index in [0.717, 1.165) is 50.0 Å². The third kappa shape index (κ3) is 19.0. The van der Waals surface area contributed by atoms with Gasteiger partial charge < -0.3 is 40.2 Å². The summed E-state index contributed by atoms with van der Waals surface area (Å²) in [6, 6.07) is 7.28. The van der Waals surface area contributed by atoms with Crippen molar-refractivity contribution in [3.05, 3.63) is 79.9 Å². The summed E-state index contributed by atoms with van der Waals surface area (Å²) >= 11 is 0. The molecule has 0 fully saturated rings. The zero-order valence-corrected chi connectivity index (χ0v) is 38.8. The second-order valence-electron chi connectivity index (χ2n) is 14.2. The summed E-state index contributed by atoms with van der Waals surface area (Å²) in [6.07, 6.45) is -0.871. The molecule has 0 spiro atoms. The van der Waals surface area contributed by atoms with E-state index in [9.17, 15) is 58.6 Å². The number of hydrogen-bond acceptors (Lipinski definition) is 20. The first-order valence-electron chi connectivity index (χ1n) is 19.9. The molecule has 66 heavy (non-hydrogen) atoms. The predicted octanol–water partition coefficient (Wildman–Crippen LogP) is 0.640. The van der Waals surface area contributed by atoms with Gasteiger partial charge in [-0.2, -0.15) is 0 Å². The van der Waals surface area contributed by atoms with E-state index < -0.39 is 94.6 Å². The third-order valence-corrected chi connectivity index (χ3v) is 12.1. The Morgan fingerprint density at radius 3 is 1.26 bits per heavy atom. The molecule has 362 valence electrons. The molecule has 2 rings (SSSR count). The molecular formula is C40H54N8O16S2. The first kappa shape index (κ1) is 55.8. The quantitative estimate of drug-likeness (QED) is 0.0217. The second kappa shape index (κ2) is 29.2. The van der Waals surface area contributed by atoms with E-state index >= 15 is 0 Å². The topological polar surface area (TPSA) is 314 Å². The molecule has 2 aromatic carbocycles. The van der Waals surface area contributed by atoms with Crippen LogP contribution in [0, 0.1) is 20.2 Å². The number of methoxy groups -OCH3 is 4. The summed E-state index contributed by atoms with van der Waals surface area (Å²) in [5.41, 5.74) is 0.299. The van der Waals surface area contributed by atoms with Crippen LogP contribution in [-0.2, 0) is 70.4 Å². The van der Waals surface area contributed by atoms with Crippen molar-refractivity contribution in [1.29, 1.82) is 0 Å². The minimum Gasteiger partial charge on any atom is -0.468 e. The minimum atomic E-state index is -1.29. The van der Waals surface area contributed by atoms with Gasteiger partial charge in [0.05, 0.1) is 38.3 Å². The summed E-state index contributed by atoms with van der Waals surface area (Å²) in [7, 11) is 9.57. The minimum absolute atomic E-state index is 0.0400. The highest BCUT2D eigenvalue weighted by Crippen LogP contribution is 2.25. The van der Waals surface area contributed by atoms with Crippen molar-refractivity contribution in [1.82, 2.24) is 31.1 Å². The Morgan fingerprint density at radius 2 is 0.939 bits per heavy atom. The number of esters is 4. The van der Waals surface area contributed by atoms with E-state index in [-0.39, 0.29) is 61.7 Å². The van der Waals surface area contributed by atoms with E-state index in [0.29, 0.717) is 11.1 Å². The van der Waals surface area contributed by atoms with Gasteiger partial charge in [-0.05, 0) is 26.9 Å². The van der Waals surface area contributed by atoms with Crippen LogP contribution < -0.4 is 21.3 Å². The molecule has 0 aliphatic heterocycles. The molecule has 4 amide bonds. The summed E-state index contributed by atoms with van der Waals surface area (Å²) in [5, 5.41) is 33.0. The van der Waals surface area contributed by atoms with Crippen LogP contribution in [0.3, 0.4) is 0 Å². The highest BCUT2D eigenvalue weighted by molar-refractivity contribution is 8.76. The van der Waals surface area contributed by atoms with Gasteiger partial charge in [0, 0.05) is 60.7 Å². The van der Waals surface area contributed by atoms with Crippen molar-refractivity contribution < 1.29 is 67.2 Å². The fraction of sp³-hybridized carbons (Fsp3) is 0.500. The van der Waals surface area contributed by atoms with E-state index in [1.165, 1.54) is 60.3 Å². The van der Waals surface area contributed by atoms with Gasteiger partial charge in [-0.25, -0.2) is 0 Å². The van der Waals surface area contributed by atoms with Gasteiger partial charge >= 0.3 is 23.9 Å². The molecule has 0 radical (unpaired) electrons. The first-order valence-corrected chi connectivity index (χ1v) is 22.4. The van der Waals surface area contributed by atoms with Crippen molar-refractivity contribution >= 4 is 80.5 Å². The first-order chi connectivity index (χ1) is 31.4. The summed E-state index contributed by atoms with van der Waals surface area (Å²) in [4.78, 5) is 127. The number of para-hydroxylation sites is 2.